The van der Waals surface area contributed by atoms with Gasteiger partial charge in [-0.1, -0.05) is 31.4 Å². The van der Waals surface area contributed by atoms with E-state index in [1.807, 2.05) is 24.3 Å². The molecule has 2 aliphatic heterocycles. The van der Waals surface area contributed by atoms with Crippen molar-refractivity contribution in [1.82, 2.24) is 39.0 Å². The smallest absolute Gasteiger partial charge is 0.340 e. The zero-order valence-electron chi connectivity index (χ0n) is 44.5. The third-order valence-corrected chi connectivity index (χ3v) is 19.9. The van der Waals surface area contributed by atoms with Gasteiger partial charge in [0.05, 0.1) is 52.9 Å². The van der Waals surface area contributed by atoms with E-state index in [4.69, 9.17) is 70.1 Å². The van der Waals surface area contributed by atoms with E-state index >= 15 is 0 Å². The Balaban J connectivity index is 1.06. The van der Waals surface area contributed by atoms with E-state index < -0.39 is 121 Å². The second kappa shape index (κ2) is 29.0. The fourth-order valence-corrected chi connectivity index (χ4v) is 14.3. The van der Waals surface area contributed by atoms with Gasteiger partial charge in [-0.25, -0.2) is 9.97 Å². The van der Waals surface area contributed by atoms with Crippen LogP contribution in [0.25, 0.3) is 22.3 Å². The van der Waals surface area contributed by atoms with Crippen LogP contribution in [0, 0.1) is 0 Å². The quantitative estimate of drug-likeness (QED) is 0.0118. The number of aromatic nitrogens is 8. The molecular formula is C45H62Cl2N10O23P4. The molecule has 5 aromatic rings. The number of hydrogen-bond donors (Lipinski definition) is 11. The summed E-state index contributed by atoms with van der Waals surface area (Å²) in [5.41, 5.74) is 1.76. The van der Waals surface area contributed by atoms with Crippen LogP contribution in [0.1, 0.15) is 56.0 Å². The van der Waals surface area contributed by atoms with Gasteiger partial charge in [0.1, 0.15) is 32.5 Å². The van der Waals surface area contributed by atoms with E-state index in [9.17, 15) is 62.9 Å². The van der Waals surface area contributed by atoms with Crippen molar-refractivity contribution in [1.29, 1.82) is 0 Å². The van der Waals surface area contributed by atoms with Gasteiger partial charge in [0.2, 0.25) is 23.0 Å². The molecule has 0 bridgehead atoms. The van der Waals surface area contributed by atoms with Crippen LogP contribution in [0.3, 0.4) is 0 Å². The molecule has 0 saturated heterocycles. The van der Waals surface area contributed by atoms with Gasteiger partial charge < -0.3 is 93.2 Å². The molecule has 8 rings (SSSR count). The Morgan fingerprint density at radius 1 is 0.655 bits per heavy atom. The first-order valence-corrected chi connectivity index (χ1v) is 33.5. The zero-order valence-corrected chi connectivity index (χ0v) is 49.6. The number of rotatable bonds is 33. The number of halogens is 2. The normalized spacial score (nSPS) is 20.8. The highest BCUT2D eigenvalue weighted by Crippen LogP contribution is 2.57. The number of nitrogens with one attached hydrogen (secondary N) is 2. The second-order valence-corrected chi connectivity index (χ2v) is 27.7. The van der Waals surface area contributed by atoms with Gasteiger partial charge in [-0.3, -0.25) is 36.4 Å². The SMILES string of the molecule is COCCOCCOCCOCCOCC(Nc1nc(Cl)nc2c1ncn2[C@@H]1OC(COP(=O)(O)CP(=O)(O)O)=C(O)C1O)OC1=C(COP(=O)(O)CP(=O)(O)O)O[C@@H](n2cnc3c(Nc4ccc(C5CCCCC5)cc4)nc(Cl)nc32)C1O. The van der Waals surface area contributed by atoms with Crippen LogP contribution < -0.4 is 10.6 Å². The van der Waals surface area contributed by atoms with Crippen LogP contribution in [0.15, 0.2) is 60.0 Å². The number of fused-ring (bicyclic) bond motifs is 2. The Bertz CT molecular complexity index is 3330. The first-order chi connectivity index (χ1) is 39.9. The fraction of sp³-hybridized carbons (Fsp3) is 0.556. The molecule has 0 amide bonds. The van der Waals surface area contributed by atoms with Crippen molar-refractivity contribution in [3.05, 3.63) is 76.1 Å². The summed E-state index contributed by atoms with van der Waals surface area (Å²) in [6.07, 6.45) is -0.412. The lowest BCUT2D eigenvalue weighted by molar-refractivity contribution is -0.0371. The lowest BCUT2D eigenvalue weighted by Gasteiger charge is -2.24. The molecule has 1 aliphatic carbocycles. The highest BCUT2D eigenvalue weighted by Gasteiger charge is 2.44. The van der Waals surface area contributed by atoms with Gasteiger partial charge in [-0.15, -0.1) is 0 Å². The number of benzene rings is 1. The van der Waals surface area contributed by atoms with E-state index in [0.29, 0.717) is 38.0 Å². The number of methoxy groups -OCH3 is 1. The third kappa shape index (κ3) is 18.1. The second-order valence-electron chi connectivity index (χ2n) is 19.0. The molecule has 1 aromatic carbocycles. The molecule has 39 heteroatoms. The minimum Gasteiger partial charge on any atom is -0.506 e. The van der Waals surface area contributed by atoms with E-state index in [-0.39, 0.29) is 65.7 Å². The lowest BCUT2D eigenvalue weighted by Crippen LogP contribution is -2.33. The largest absolute Gasteiger partial charge is 0.506 e. The minimum absolute atomic E-state index is 0.0211. The maximum absolute atomic E-state index is 13.0. The Labute approximate surface area is 487 Å². The maximum atomic E-state index is 13.0. The molecule has 84 heavy (non-hydrogen) atoms. The van der Waals surface area contributed by atoms with Crippen molar-refractivity contribution in [2.45, 2.75) is 68.9 Å². The summed E-state index contributed by atoms with van der Waals surface area (Å²) in [5.74, 6) is -5.15. The summed E-state index contributed by atoms with van der Waals surface area (Å²) in [5, 5.41) is 39.5. The fourth-order valence-electron chi connectivity index (χ4n) is 8.92. The summed E-state index contributed by atoms with van der Waals surface area (Å²) in [7, 11) is -18.7. The number of nitrogens with zero attached hydrogens (tertiary/aromatic N) is 8. The zero-order chi connectivity index (χ0) is 60.4. The Kier molecular flexibility index (Phi) is 22.6. The highest BCUT2D eigenvalue weighted by atomic mass is 35.5. The molecule has 4 aromatic heterocycles. The molecule has 11 N–H and O–H groups in total. The highest BCUT2D eigenvalue weighted by molar-refractivity contribution is 7.70. The first-order valence-electron chi connectivity index (χ1n) is 25.6. The third-order valence-electron chi connectivity index (χ3n) is 12.7. The summed E-state index contributed by atoms with van der Waals surface area (Å²) in [6.45, 7) is -0.691. The molecule has 464 valence electrons. The predicted molar refractivity (Wildman–Crippen MR) is 294 cm³/mol. The Morgan fingerprint density at radius 3 is 1.69 bits per heavy atom. The molecule has 7 atom stereocenters. The molecule has 33 nitrogen and oxygen atoms in total. The van der Waals surface area contributed by atoms with Crippen molar-refractivity contribution < 1.29 is 110 Å². The van der Waals surface area contributed by atoms with Crippen molar-refractivity contribution >= 4 is 93.2 Å². The summed E-state index contributed by atoms with van der Waals surface area (Å²) in [6, 6.07) is 7.89. The van der Waals surface area contributed by atoms with E-state index in [1.165, 1.54) is 35.7 Å². The standard InChI is InChI=1S/C45H62Cl2N10O23P4/c1-71-11-12-72-13-14-73-15-16-74-17-18-75-21-31(51-39-33-41(55-45(47)53-39)56(22-49-33)42-35(59)34(58)29(78-42)19-76-83(67,68)24-81(61,62)63)80-37-30(20-77-84(69,70)25-82(64,65)66)79-43(36(37)60)57-23-48-32-38(52-44(46)54-40(32)57)50-28-9-7-27(8-10-28)26-5-3-2-4-6-26/h7-10,22-23,26,31,35-36,42-43,58-60H,2-6,11-21,24-25H2,1H3,(H,67,68)(H,69,70)(H,50,52,54)(H,51,53,55)(H2,61,62,63)(H2,64,65,66)/t31?,35?,36?,42-,43-/m1/s1. The van der Waals surface area contributed by atoms with Crippen molar-refractivity contribution in [2.24, 2.45) is 0 Å². The van der Waals surface area contributed by atoms with Crippen LogP contribution in [0.2, 0.25) is 10.6 Å². The van der Waals surface area contributed by atoms with Gasteiger partial charge in [-0.2, -0.15) is 19.9 Å². The van der Waals surface area contributed by atoms with Gasteiger partial charge >= 0.3 is 30.4 Å². The minimum atomic E-state index is -5.14. The lowest BCUT2D eigenvalue weighted by atomic mass is 9.84. The van der Waals surface area contributed by atoms with Crippen LogP contribution in [0.4, 0.5) is 17.3 Å². The molecule has 0 spiro atoms. The average Bonchev–Trinajstić information content (AvgIpc) is 4.31. The summed E-state index contributed by atoms with van der Waals surface area (Å²) < 4.78 is 107. The van der Waals surface area contributed by atoms with E-state index in [1.54, 1.807) is 7.11 Å². The molecule has 3 aliphatic rings. The number of hydrogen-bond acceptors (Lipinski definition) is 25. The van der Waals surface area contributed by atoms with Gasteiger partial charge in [0.25, 0.3) is 0 Å². The average molecular weight is 1310 g/mol. The van der Waals surface area contributed by atoms with E-state index in [2.05, 4.69) is 40.5 Å². The predicted octanol–water partition coefficient (Wildman–Crippen LogP) is 4.67. The first kappa shape index (κ1) is 65.5. The molecular weight excluding hydrogens is 1240 g/mol. The summed E-state index contributed by atoms with van der Waals surface area (Å²) >= 11 is 12.9. The van der Waals surface area contributed by atoms with Crippen LogP contribution in [0.5, 0.6) is 0 Å². The van der Waals surface area contributed by atoms with Crippen LogP contribution in [-0.4, -0.2) is 194 Å². The van der Waals surface area contributed by atoms with Crippen LogP contribution in [-0.2, 0) is 65.2 Å². The van der Waals surface area contributed by atoms with Crippen molar-refractivity contribution in [3.63, 3.8) is 0 Å². The molecule has 1 fully saturated rings. The molecule has 1 saturated carbocycles. The summed E-state index contributed by atoms with van der Waals surface area (Å²) in [4.78, 5) is 84.1. The van der Waals surface area contributed by atoms with Gasteiger partial charge in [0, 0.05) is 12.8 Å². The maximum Gasteiger partial charge on any atom is 0.340 e. The Morgan fingerprint density at radius 2 is 1.14 bits per heavy atom. The van der Waals surface area contributed by atoms with Crippen molar-refractivity contribution in [3.8, 4) is 0 Å². The number of aliphatic hydroxyl groups excluding tert-OH is 3. The topological polar surface area (TPSA) is 454 Å². The number of imidazole rings is 2. The van der Waals surface area contributed by atoms with Gasteiger partial charge in [0.15, 0.2) is 87.2 Å². The van der Waals surface area contributed by atoms with Crippen LogP contribution >= 0.6 is 53.6 Å². The number of aliphatic hydroxyl groups is 3. The molecule has 0 radical (unpaired) electrons. The van der Waals surface area contributed by atoms with Crippen molar-refractivity contribution in [2.75, 3.05) is 102 Å². The monoisotopic (exact) mass is 1300 g/mol. The van der Waals surface area contributed by atoms with Gasteiger partial charge in [-0.05, 0) is 59.7 Å². The molecule has 6 heterocycles. The number of anilines is 3. The Hall–Kier alpha value is -4.50. The molecule has 5 unspecified atom stereocenters. The number of ether oxygens (including phenoxy) is 8. The van der Waals surface area contributed by atoms with E-state index in [0.717, 1.165) is 23.7 Å².